The van der Waals surface area contributed by atoms with Crippen molar-refractivity contribution in [2.45, 2.75) is 44.2 Å². The number of nitrogens with zero attached hydrogens (tertiary/aromatic N) is 3. The van der Waals surface area contributed by atoms with Crippen LogP contribution in [0.1, 0.15) is 53.5 Å². The highest BCUT2D eigenvalue weighted by molar-refractivity contribution is 6.34. The highest BCUT2D eigenvalue weighted by Crippen LogP contribution is 2.30. The molecule has 212 valence electrons. The number of rotatable bonds is 6. The lowest BCUT2D eigenvalue weighted by molar-refractivity contribution is 0.0140. The second kappa shape index (κ2) is 11.3. The Bertz CT molecular complexity index is 1620. The number of aromatic nitrogens is 3. The van der Waals surface area contributed by atoms with Gasteiger partial charge in [0.05, 0.1) is 21.9 Å². The number of benzene rings is 2. The van der Waals surface area contributed by atoms with Crippen molar-refractivity contribution < 1.29 is 23.5 Å². The van der Waals surface area contributed by atoms with Gasteiger partial charge < -0.3 is 21.5 Å². The lowest BCUT2D eigenvalue weighted by Crippen LogP contribution is -2.42. The van der Waals surface area contributed by atoms with Crippen LogP contribution in [0.2, 0.25) is 5.02 Å². The van der Waals surface area contributed by atoms with Crippen molar-refractivity contribution in [2.24, 2.45) is 0 Å². The van der Waals surface area contributed by atoms with Crippen molar-refractivity contribution >= 4 is 35.1 Å². The number of para-hydroxylation sites is 1. The van der Waals surface area contributed by atoms with Crippen LogP contribution < -0.4 is 16.4 Å². The van der Waals surface area contributed by atoms with Gasteiger partial charge in [-0.2, -0.15) is 5.10 Å². The number of hydrogen-bond acceptors (Lipinski definition) is 6. The first-order valence-corrected chi connectivity index (χ1v) is 13.3. The summed E-state index contributed by atoms with van der Waals surface area (Å²) in [6.07, 6.45) is 2.40. The maximum absolute atomic E-state index is 14.5. The molecule has 0 radical (unpaired) electrons. The minimum absolute atomic E-state index is 0.0191. The molecular weight excluding hydrogens is 554 g/mol. The Labute approximate surface area is 239 Å². The molecule has 1 fully saturated rings. The average molecular weight is 581 g/mol. The van der Waals surface area contributed by atoms with Gasteiger partial charge in [0, 0.05) is 23.7 Å². The van der Waals surface area contributed by atoms with E-state index in [9.17, 15) is 23.5 Å². The number of hydrogen-bond donors (Lipinski definition) is 4. The van der Waals surface area contributed by atoms with Crippen LogP contribution >= 0.6 is 11.6 Å². The Balaban J connectivity index is 1.43. The van der Waals surface area contributed by atoms with E-state index >= 15 is 0 Å². The Kier molecular flexibility index (Phi) is 7.74. The van der Waals surface area contributed by atoms with Crippen LogP contribution in [0, 0.1) is 11.6 Å². The predicted molar refractivity (Wildman–Crippen MR) is 151 cm³/mol. The van der Waals surface area contributed by atoms with Gasteiger partial charge in [-0.1, -0.05) is 35.9 Å². The SMILES string of the molecule is CC1(O)CCC(NC(=O)c2cc(NC(=O)c3cc(-c4nc(N)c(F)cc4F)ccc3Cl)n(-c3ccccc3)n2)CC1. The molecular formula is C29H27ClF2N6O3. The molecule has 0 atom stereocenters. The topological polar surface area (TPSA) is 135 Å². The van der Waals surface area contributed by atoms with Crippen molar-refractivity contribution in [3.8, 4) is 16.9 Å². The van der Waals surface area contributed by atoms with Crippen molar-refractivity contribution in [1.29, 1.82) is 0 Å². The number of nitrogens with two attached hydrogens (primary N) is 1. The number of anilines is 2. The van der Waals surface area contributed by atoms with Crippen LogP contribution in [0.5, 0.6) is 0 Å². The first kappa shape index (κ1) is 28.2. The molecule has 5 rings (SSSR count). The first-order valence-electron chi connectivity index (χ1n) is 12.9. The summed E-state index contributed by atoms with van der Waals surface area (Å²) < 4.78 is 29.5. The number of aliphatic hydroxyl groups is 1. The molecule has 0 saturated heterocycles. The Morgan fingerprint density at radius 1 is 1.05 bits per heavy atom. The van der Waals surface area contributed by atoms with E-state index in [1.165, 1.54) is 28.9 Å². The third kappa shape index (κ3) is 6.21. The van der Waals surface area contributed by atoms with E-state index in [0.29, 0.717) is 37.4 Å². The molecule has 0 unspecified atom stereocenters. The molecule has 0 spiro atoms. The van der Waals surface area contributed by atoms with Gasteiger partial charge in [-0.05, 0) is 56.9 Å². The Morgan fingerprint density at radius 3 is 2.46 bits per heavy atom. The van der Waals surface area contributed by atoms with E-state index in [2.05, 4.69) is 20.7 Å². The summed E-state index contributed by atoms with van der Waals surface area (Å²) in [5.41, 5.74) is 5.34. The molecule has 0 bridgehead atoms. The van der Waals surface area contributed by atoms with Crippen LogP contribution in [-0.2, 0) is 0 Å². The molecule has 2 aromatic heterocycles. The zero-order chi connectivity index (χ0) is 29.3. The van der Waals surface area contributed by atoms with E-state index in [1.54, 1.807) is 31.2 Å². The molecule has 1 aliphatic carbocycles. The number of nitrogen functional groups attached to an aromatic ring is 1. The van der Waals surface area contributed by atoms with Crippen LogP contribution in [0.4, 0.5) is 20.4 Å². The van der Waals surface area contributed by atoms with Gasteiger partial charge in [0.1, 0.15) is 11.5 Å². The van der Waals surface area contributed by atoms with E-state index < -0.39 is 34.9 Å². The average Bonchev–Trinajstić information content (AvgIpc) is 3.36. The van der Waals surface area contributed by atoms with Crippen LogP contribution in [0.15, 0.2) is 60.7 Å². The summed E-state index contributed by atoms with van der Waals surface area (Å²) in [6.45, 7) is 1.78. The second-order valence-corrected chi connectivity index (χ2v) is 10.6. The zero-order valence-corrected chi connectivity index (χ0v) is 22.8. The zero-order valence-electron chi connectivity index (χ0n) is 22.0. The summed E-state index contributed by atoms with van der Waals surface area (Å²) in [7, 11) is 0. The van der Waals surface area contributed by atoms with Gasteiger partial charge in [0.25, 0.3) is 11.8 Å². The largest absolute Gasteiger partial charge is 0.390 e. The Morgan fingerprint density at radius 2 is 1.76 bits per heavy atom. The monoisotopic (exact) mass is 580 g/mol. The fourth-order valence-corrected chi connectivity index (χ4v) is 4.91. The van der Waals surface area contributed by atoms with Crippen molar-refractivity contribution in [3.63, 3.8) is 0 Å². The van der Waals surface area contributed by atoms with E-state index in [0.717, 1.165) is 0 Å². The van der Waals surface area contributed by atoms with Gasteiger partial charge in [-0.25, -0.2) is 18.4 Å². The summed E-state index contributed by atoms with van der Waals surface area (Å²) in [6, 6.07) is 15.0. The highest BCUT2D eigenvalue weighted by atomic mass is 35.5. The third-order valence-corrected chi connectivity index (χ3v) is 7.35. The van der Waals surface area contributed by atoms with E-state index in [1.807, 2.05) is 6.07 Å². The molecule has 5 N–H and O–H groups in total. The highest BCUT2D eigenvalue weighted by Gasteiger charge is 2.30. The standard InChI is InChI=1S/C29H27ClF2N6O3/c1-29(41)11-9-17(10-12-29)34-28(40)23-15-24(38(37-23)18-5-3-2-4-6-18)35-27(39)19-13-16(7-8-20(19)30)25-21(31)14-22(32)26(33)36-25/h2-8,13-15,17,41H,9-12H2,1H3,(H2,33,36)(H,34,40)(H,35,39). The molecule has 2 heterocycles. The van der Waals surface area contributed by atoms with Gasteiger partial charge in [-0.3, -0.25) is 9.59 Å². The maximum atomic E-state index is 14.5. The van der Waals surface area contributed by atoms with Gasteiger partial charge in [0.2, 0.25) is 0 Å². The van der Waals surface area contributed by atoms with Gasteiger partial charge in [0.15, 0.2) is 23.1 Å². The molecule has 2 aromatic carbocycles. The van der Waals surface area contributed by atoms with Crippen LogP contribution in [0.25, 0.3) is 16.9 Å². The molecule has 1 saturated carbocycles. The molecule has 4 aromatic rings. The summed E-state index contributed by atoms with van der Waals surface area (Å²) in [5, 5.41) is 20.4. The van der Waals surface area contributed by atoms with E-state index in [-0.39, 0.29) is 39.4 Å². The second-order valence-electron chi connectivity index (χ2n) is 10.2. The minimum atomic E-state index is -0.998. The van der Waals surface area contributed by atoms with Gasteiger partial charge >= 0.3 is 0 Å². The molecule has 1 aliphatic rings. The number of carbonyl (C=O) groups is 2. The fourth-order valence-electron chi connectivity index (χ4n) is 4.70. The Hall–Kier alpha value is -4.35. The summed E-state index contributed by atoms with van der Waals surface area (Å²) >= 11 is 6.32. The summed E-state index contributed by atoms with van der Waals surface area (Å²) in [4.78, 5) is 30.3. The minimum Gasteiger partial charge on any atom is -0.390 e. The first-order chi connectivity index (χ1) is 19.5. The number of amides is 2. The molecule has 41 heavy (non-hydrogen) atoms. The number of nitrogens with one attached hydrogen (secondary N) is 2. The predicted octanol–water partition coefficient (Wildman–Crippen LogP) is 5.12. The van der Waals surface area contributed by atoms with Gasteiger partial charge in [-0.15, -0.1) is 0 Å². The smallest absolute Gasteiger partial charge is 0.272 e. The maximum Gasteiger partial charge on any atom is 0.272 e. The van der Waals surface area contributed by atoms with Crippen molar-refractivity contribution in [1.82, 2.24) is 20.1 Å². The van der Waals surface area contributed by atoms with Crippen molar-refractivity contribution in [2.75, 3.05) is 11.1 Å². The van der Waals surface area contributed by atoms with Crippen molar-refractivity contribution in [3.05, 3.63) is 88.6 Å². The number of pyridine rings is 1. The number of carbonyl (C=O) groups excluding carboxylic acids is 2. The van der Waals surface area contributed by atoms with E-state index in [4.69, 9.17) is 17.3 Å². The number of halogens is 3. The fraction of sp³-hybridized carbons (Fsp3) is 0.241. The molecule has 12 heteroatoms. The molecule has 9 nitrogen and oxygen atoms in total. The quantitative estimate of drug-likeness (QED) is 0.250. The third-order valence-electron chi connectivity index (χ3n) is 7.02. The van der Waals surface area contributed by atoms with Crippen LogP contribution in [-0.4, -0.2) is 43.3 Å². The van der Waals surface area contributed by atoms with Crippen LogP contribution in [0.3, 0.4) is 0 Å². The lowest BCUT2D eigenvalue weighted by atomic mass is 9.83. The summed E-state index contributed by atoms with van der Waals surface area (Å²) in [5.74, 6) is -3.33. The lowest BCUT2D eigenvalue weighted by Gasteiger charge is -2.33. The normalized spacial score (nSPS) is 18.6. The molecule has 0 aliphatic heterocycles. The molecule has 2 amide bonds.